The summed E-state index contributed by atoms with van der Waals surface area (Å²) in [4.78, 5) is 22.3. The zero-order valence-electron chi connectivity index (χ0n) is 6.84. The zero-order valence-corrected chi connectivity index (χ0v) is 6.84. The first-order valence-corrected chi connectivity index (χ1v) is 3.46. The highest BCUT2D eigenvalue weighted by molar-refractivity contribution is 6.23. The molecular formula is C9H7NO2. The summed E-state index contributed by atoms with van der Waals surface area (Å²) >= 11 is 0. The van der Waals surface area contributed by atoms with Crippen LogP contribution < -0.4 is 0 Å². The van der Waals surface area contributed by atoms with Gasteiger partial charge in [0.05, 0.1) is 0 Å². The monoisotopic (exact) mass is 161 g/mol. The lowest BCUT2D eigenvalue weighted by Gasteiger charge is -2.08. The molecule has 0 atom stereocenters. The van der Waals surface area contributed by atoms with Gasteiger partial charge in [-0.2, -0.15) is 5.26 Å². The van der Waals surface area contributed by atoms with E-state index in [1.165, 1.54) is 0 Å². The first-order valence-electron chi connectivity index (χ1n) is 3.46. The fraction of sp³-hybridized carbons (Fsp3) is 0.222. The zero-order chi connectivity index (χ0) is 9.30. The van der Waals surface area contributed by atoms with E-state index in [1.807, 2.05) is 0 Å². The summed E-state index contributed by atoms with van der Waals surface area (Å²) < 4.78 is 0. The van der Waals surface area contributed by atoms with Gasteiger partial charge >= 0.3 is 0 Å². The molecule has 0 radical (unpaired) electrons. The Bertz CT molecular complexity index is 366. The van der Waals surface area contributed by atoms with Crippen LogP contribution in [0.3, 0.4) is 0 Å². The van der Waals surface area contributed by atoms with Gasteiger partial charge in [0.1, 0.15) is 11.6 Å². The number of allylic oxidation sites excluding steroid dienone is 4. The van der Waals surface area contributed by atoms with Crippen molar-refractivity contribution in [1.29, 1.82) is 5.26 Å². The van der Waals surface area contributed by atoms with Crippen LogP contribution in [-0.2, 0) is 9.59 Å². The molecule has 0 bridgehead atoms. The van der Waals surface area contributed by atoms with Crippen LogP contribution in [0.1, 0.15) is 13.8 Å². The van der Waals surface area contributed by atoms with Gasteiger partial charge in [-0.25, -0.2) is 0 Å². The minimum absolute atomic E-state index is 0.0666. The number of nitriles is 1. The van der Waals surface area contributed by atoms with E-state index in [0.29, 0.717) is 11.1 Å². The van der Waals surface area contributed by atoms with Gasteiger partial charge < -0.3 is 0 Å². The van der Waals surface area contributed by atoms with Crippen LogP contribution in [-0.4, -0.2) is 11.6 Å². The molecule has 0 spiro atoms. The smallest absolute Gasteiger partial charge is 0.199 e. The standard InChI is InChI=1S/C9H7NO2/c1-5-6(2)9(12)7(4-10)3-8(5)11/h3H,1-2H3. The van der Waals surface area contributed by atoms with Crippen molar-refractivity contribution in [3.05, 3.63) is 22.8 Å². The van der Waals surface area contributed by atoms with E-state index in [2.05, 4.69) is 0 Å². The van der Waals surface area contributed by atoms with Crippen molar-refractivity contribution in [1.82, 2.24) is 0 Å². The summed E-state index contributed by atoms with van der Waals surface area (Å²) in [7, 11) is 0. The van der Waals surface area contributed by atoms with Gasteiger partial charge in [-0.1, -0.05) is 0 Å². The first-order chi connectivity index (χ1) is 5.57. The Morgan fingerprint density at radius 2 is 1.83 bits per heavy atom. The number of hydrogen-bond acceptors (Lipinski definition) is 3. The van der Waals surface area contributed by atoms with Crippen molar-refractivity contribution in [3.8, 4) is 6.07 Å². The molecule has 1 rings (SSSR count). The predicted molar refractivity (Wildman–Crippen MR) is 42.1 cm³/mol. The molecule has 0 amide bonds. The van der Waals surface area contributed by atoms with Crippen LogP contribution >= 0.6 is 0 Å². The lowest BCUT2D eigenvalue weighted by Crippen LogP contribution is -2.15. The largest absolute Gasteiger partial charge is 0.290 e. The van der Waals surface area contributed by atoms with Crippen LogP contribution in [0, 0.1) is 11.3 Å². The SMILES string of the molecule is CC1=C(C)C(=O)C(C#N)=CC1=O. The van der Waals surface area contributed by atoms with Gasteiger partial charge in [0.25, 0.3) is 0 Å². The molecular weight excluding hydrogens is 154 g/mol. The molecule has 1 aliphatic rings. The Hall–Kier alpha value is -1.69. The maximum Gasteiger partial charge on any atom is 0.199 e. The van der Waals surface area contributed by atoms with E-state index in [0.717, 1.165) is 6.08 Å². The van der Waals surface area contributed by atoms with Crippen LogP contribution in [0.15, 0.2) is 22.8 Å². The highest BCUT2D eigenvalue weighted by atomic mass is 16.1. The molecule has 0 fully saturated rings. The Morgan fingerprint density at radius 3 is 2.33 bits per heavy atom. The van der Waals surface area contributed by atoms with Crippen LogP contribution in [0.25, 0.3) is 0 Å². The van der Waals surface area contributed by atoms with E-state index in [4.69, 9.17) is 5.26 Å². The Balaban J connectivity index is 3.24. The second-order valence-corrected chi connectivity index (χ2v) is 2.61. The molecule has 0 aliphatic heterocycles. The van der Waals surface area contributed by atoms with Crippen LogP contribution in [0.2, 0.25) is 0 Å². The van der Waals surface area contributed by atoms with Gasteiger partial charge in [0.2, 0.25) is 0 Å². The molecule has 0 aromatic rings. The van der Waals surface area contributed by atoms with Gasteiger partial charge in [-0.05, 0) is 13.8 Å². The highest BCUT2D eigenvalue weighted by Gasteiger charge is 2.22. The normalized spacial score (nSPS) is 17.6. The molecule has 12 heavy (non-hydrogen) atoms. The van der Waals surface area contributed by atoms with Crippen molar-refractivity contribution in [2.24, 2.45) is 0 Å². The third kappa shape index (κ3) is 1.08. The number of rotatable bonds is 0. The molecule has 0 aromatic heterocycles. The topological polar surface area (TPSA) is 57.9 Å². The summed E-state index contributed by atoms with van der Waals surface area (Å²) in [5.74, 6) is -0.585. The van der Waals surface area contributed by atoms with Crippen molar-refractivity contribution < 1.29 is 9.59 Å². The molecule has 0 saturated carbocycles. The van der Waals surface area contributed by atoms with Crippen molar-refractivity contribution in [2.45, 2.75) is 13.8 Å². The molecule has 1 aliphatic carbocycles. The lowest BCUT2D eigenvalue weighted by atomic mass is 9.92. The molecule has 3 nitrogen and oxygen atoms in total. The fourth-order valence-corrected chi connectivity index (χ4v) is 0.945. The van der Waals surface area contributed by atoms with Gasteiger partial charge in [-0.15, -0.1) is 0 Å². The molecule has 0 N–H and O–H groups in total. The Kier molecular flexibility index (Phi) is 1.92. The van der Waals surface area contributed by atoms with Crippen molar-refractivity contribution >= 4 is 11.6 Å². The van der Waals surface area contributed by atoms with Crippen molar-refractivity contribution in [3.63, 3.8) is 0 Å². The van der Waals surface area contributed by atoms with E-state index < -0.39 is 0 Å². The average molecular weight is 161 g/mol. The summed E-state index contributed by atoms with van der Waals surface area (Å²) in [6.45, 7) is 3.14. The minimum Gasteiger partial charge on any atom is -0.290 e. The summed E-state index contributed by atoms with van der Waals surface area (Å²) in [6, 6.07) is 1.69. The number of carbonyl (C=O) groups is 2. The fourth-order valence-electron chi connectivity index (χ4n) is 0.945. The molecule has 60 valence electrons. The quantitative estimate of drug-likeness (QED) is 0.496. The Labute approximate surface area is 70.0 Å². The molecule has 3 heteroatoms. The number of ketones is 2. The minimum atomic E-state index is -0.338. The third-order valence-electron chi connectivity index (χ3n) is 1.91. The second-order valence-electron chi connectivity index (χ2n) is 2.61. The first kappa shape index (κ1) is 8.41. The van der Waals surface area contributed by atoms with Crippen LogP contribution in [0.5, 0.6) is 0 Å². The lowest BCUT2D eigenvalue weighted by molar-refractivity contribution is -0.115. The third-order valence-corrected chi connectivity index (χ3v) is 1.91. The number of Topliss-reactive ketones (excluding diaryl/α,β-unsaturated/α-hetero) is 1. The summed E-state index contributed by atoms with van der Waals surface area (Å²) in [5.41, 5.74) is 0.737. The van der Waals surface area contributed by atoms with E-state index in [-0.39, 0.29) is 17.1 Å². The molecule has 0 heterocycles. The number of carbonyl (C=O) groups excluding carboxylic acids is 2. The van der Waals surface area contributed by atoms with E-state index >= 15 is 0 Å². The van der Waals surface area contributed by atoms with Crippen LogP contribution in [0.4, 0.5) is 0 Å². The summed E-state index contributed by atoms with van der Waals surface area (Å²) in [6.07, 6.45) is 1.09. The summed E-state index contributed by atoms with van der Waals surface area (Å²) in [5, 5.41) is 8.47. The second kappa shape index (κ2) is 2.74. The maximum absolute atomic E-state index is 11.2. The average Bonchev–Trinajstić information content (AvgIpc) is 2.08. The molecule has 0 unspecified atom stereocenters. The maximum atomic E-state index is 11.2. The molecule has 0 aromatic carbocycles. The van der Waals surface area contributed by atoms with Gasteiger partial charge in [0, 0.05) is 17.2 Å². The number of nitrogens with zero attached hydrogens (tertiary/aromatic N) is 1. The van der Waals surface area contributed by atoms with Crippen molar-refractivity contribution in [2.75, 3.05) is 0 Å². The van der Waals surface area contributed by atoms with E-state index in [9.17, 15) is 9.59 Å². The van der Waals surface area contributed by atoms with Gasteiger partial charge in [0.15, 0.2) is 11.6 Å². The van der Waals surface area contributed by atoms with Gasteiger partial charge in [-0.3, -0.25) is 9.59 Å². The predicted octanol–water partition coefficient (Wildman–Crippen LogP) is 0.925. The number of hydrogen-bond donors (Lipinski definition) is 0. The highest BCUT2D eigenvalue weighted by Crippen LogP contribution is 2.17. The van der Waals surface area contributed by atoms with E-state index in [1.54, 1.807) is 19.9 Å². The molecule has 0 saturated heterocycles. The Morgan fingerprint density at radius 1 is 1.25 bits per heavy atom.